The standard InChI is InChI=1S/C7H11N3O2/c1-5(2)9-6(3)7(4-8-9)10(11)12/h4-5H,1-3H3. The molecule has 0 unspecified atom stereocenters. The molecular weight excluding hydrogens is 158 g/mol. The van der Waals surface area contributed by atoms with Crippen LogP contribution in [0.2, 0.25) is 0 Å². The van der Waals surface area contributed by atoms with E-state index in [0.29, 0.717) is 5.69 Å². The van der Waals surface area contributed by atoms with Crippen molar-refractivity contribution in [1.82, 2.24) is 9.78 Å². The molecule has 0 atom stereocenters. The number of aromatic nitrogens is 2. The van der Waals surface area contributed by atoms with Crippen LogP contribution >= 0.6 is 0 Å². The highest BCUT2D eigenvalue weighted by molar-refractivity contribution is 5.31. The summed E-state index contributed by atoms with van der Waals surface area (Å²) in [5.74, 6) is 0. The molecule has 0 spiro atoms. The number of hydrogen-bond donors (Lipinski definition) is 0. The lowest BCUT2D eigenvalue weighted by Crippen LogP contribution is -2.04. The third-order valence-corrected chi connectivity index (χ3v) is 1.70. The van der Waals surface area contributed by atoms with Gasteiger partial charge in [-0.2, -0.15) is 5.10 Å². The zero-order valence-corrected chi connectivity index (χ0v) is 7.31. The predicted molar refractivity (Wildman–Crippen MR) is 44.0 cm³/mol. The van der Waals surface area contributed by atoms with E-state index in [2.05, 4.69) is 5.10 Å². The van der Waals surface area contributed by atoms with Crippen LogP contribution in [0, 0.1) is 17.0 Å². The minimum absolute atomic E-state index is 0.0868. The van der Waals surface area contributed by atoms with Crippen LogP contribution < -0.4 is 0 Å². The second-order valence-electron chi connectivity index (χ2n) is 2.91. The van der Waals surface area contributed by atoms with Crippen LogP contribution in [0.25, 0.3) is 0 Å². The van der Waals surface area contributed by atoms with Crippen molar-refractivity contribution in [2.75, 3.05) is 0 Å². The molecule has 0 bridgehead atoms. The lowest BCUT2D eigenvalue weighted by molar-refractivity contribution is -0.385. The number of rotatable bonds is 2. The van der Waals surface area contributed by atoms with Crippen LogP contribution in [0.1, 0.15) is 25.6 Å². The second kappa shape index (κ2) is 2.92. The molecule has 0 aliphatic carbocycles. The first-order valence-electron chi connectivity index (χ1n) is 3.72. The van der Waals surface area contributed by atoms with Gasteiger partial charge in [-0.05, 0) is 20.8 Å². The van der Waals surface area contributed by atoms with Crippen molar-refractivity contribution in [2.24, 2.45) is 0 Å². The largest absolute Gasteiger partial charge is 0.309 e. The highest BCUT2D eigenvalue weighted by Crippen LogP contribution is 2.18. The van der Waals surface area contributed by atoms with Gasteiger partial charge in [-0.1, -0.05) is 0 Å². The average Bonchev–Trinajstić information content (AvgIpc) is 2.30. The Morgan fingerprint density at radius 2 is 2.25 bits per heavy atom. The minimum atomic E-state index is -0.415. The third-order valence-electron chi connectivity index (χ3n) is 1.70. The fourth-order valence-electron chi connectivity index (χ4n) is 1.11. The maximum Gasteiger partial charge on any atom is 0.309 e. The van der Waals surface area contributed by atoms with E-state index >= 15 is 0 Å². The van der Waals surface area contributed by atoms with Gasteiger partial charge in [0.2, 0.25) is 0 Å². The van der Waals surface area contributed by atoms with E-state index in [9.17, 15) is 10.1 Å². The van der Waals surface area contributed by atoms with Crippen LogP contribution in [0.4, 0.5) is 5.69 Å². The Balaban J connectivity index is 3.13. The monoisotopic (exact) mass is 169 g/mol. The van der Waals surface area contributed by atoms with E-state index in [1.54, 1.807) is 11.6 Å². The van der Waals surface area contributed by atoms with E-state index in [-0.39, 0.29) is 11.7 Å². The van der Waals surface area contributed by atoms with Crippen molar-refractivity contribution in [3.05, 3.63) is 22.0 Å². The van der Waals surface area contributed by atoms with Crippen LogP contribution in [0.3, 0.4) is 0 Å². The average molecular weight is 169 g/mol. The Morgan fingerprint density at radius 1 is 1.67 bits per heavy atom. The second-order valence-corrected chi connectivity index (χ2v) is 2.91. The fraction of sp³-hybridized carbons (Fsp3) is 0.571. The summed E-state index contributed by atoms with van der Waals surface area (Å²) < 4.78 is 1.64. The predicted octanol–water partition coefficient (Wildman–Crippen LogP) is 1.68. The SMILES string of the molecule is Cc1c([N+](=O)[O-])cnn1C(C)C. The molecule has 0 N–H and O–H groups in total. The maximum atomic E-state index is 10.4. The molecule has 0 aliphatic rings. The topological polar surface area (TPSA) is 61.0 Å². The number of hydrogen-bond acceptors (Lipinski definition) is 3. The molecule has 1 aromatic heterocycles. The lowest BCUT2D eigenvalue weighted by atomic mass is 10.3. The van der Waals surface area contributed by atoms with Gasteiger partial charge in [-0.25, -0.2) is 0 Å². The van der Waals surface area contributed by atoms with Gasteiger partial charge in [0, 0.05) is 6.04 Å². The molecule has 0 aliphatic heterocycles. The molecule has 0 saturated carbocycles. The molecule has 1 aromatic rings. The summed E-state index contributed by atoms with van der Waals surface area (Å²) in [6.45, 7) is 5.57. The Bertz CT molecular complexity index is 304. The van der Waals surface area contributed by atoms with E-state index in [0.717, 1.165) is 0 Å². The summed E-state index contributed by atoms with van der Waals surface area (Å²) in [4.78, 5) is 9.99. The van der Waals surface area contributed by atoms with E-state index in [1.807, 2.05) is 13.8 Å². The highest BCUT2D eigenvalue weighted by Gasteiger charge is 2.17. The van der Waals surface area contributed by atoms with Crippen molar-refractivity contribution < 1.29 is 4.92 Å². The van der Waals surface area contributed by atoms with E-state index in [1.165, 1.54) is 6.20 Å². The molecule has 0 saturated heterocycles. The first kappa shape index (κ1) is 8.70. The molecule has 5 heteroatoms. The normalized spacial score (nSPS) is 10.7. The third kappa shape index (κ3) is 1.30. The lowest BCUT2D eigenvalue weighted by Gasteiger charge is -2.05. The van der Waals surface area contributed by atoms with Crippen LogP contribution in [0.5, 0.6) is 0 Å². The van der Waals surface area contributed by atoms with Crippen LogP contribution in [-0.4, -0.2) is 14.7 Å². The summed E-state index contributed by atoms with van der Waals surface area (Å²) >= 11 is 0. The summed E-state index contributed by atoms with van der Waals surface area (Å²) in [5, 5.41) is 14.3. The van der Waals surface area contributed by atoms with Gasteiger partial charge in [0.15, 0.2) is 0 Å². The molecule has 0 amide bonds. The number of nitro groups is 1. The molecular formula is C7H11N3O2. The Hall–Kier alpha value is -1.39. The van der Waals surface area contributed by atoms with E-state index < -0.39 is 4.92 Å². The number of nitrogens with zero attached hydrogens (tertiary/aromatic N) is 3. The highest BCUT2D eigenvalue weighted by atomic mass is 16.6. The zero-order chi connectivity index (χ0) is 9.30. The van der Waals surface area contributed by atoms with Gasteiger partial charge in [0.05, 0.1) is 4.92 Å². The molecule has 1 rings (SSSR count). The van der Waals surface area contributed by atoms with Gasteiger partial charge >= 0.3 is 5.69 Å². The van der Waals surface area contributed by atoms with Gasteiger partial charge in [0.1, 0.15) is 11.9 Å². The van der Waals surface area contributed by atoms with Crippen molar-refractivity contribution in [1.29, 1.82) is 0 Å². The van der Waals surface area contributed by atoms with Crippen LogP contribution in [0.15, 0.2) is 6.20 Å². The molecule has 66 valence electrons. The Kier molecular flexibility index (Phi) is 2.12. The first-order chi connectivity index (χ1) is 5.54. The Morgan fingerprint density at radius 3 is 2.50 bits per heavy atom. The van der Waals surface area contributed by atoms with Gasteiger partial charge in [0.25, 0.3) is 0 Å². The van der Waals surface area contributed by atoms with Crippen molar-refractivity contribution in [3.63, 3.8) is 0 Å². The van der Waals surface area contributed by atoms with Crippen molar-refractivity contribution in [3.8, 4) is 0 Å². The molecule has 0 aromatic carbocycles. The van der Waals surface area contributed by atoms with Crippen molar-refractivity contribution >= 4 is 5.69 Å². The van der Waals surface area contributed by atoms with Gasteiger partial charge in [-0.15, -0.1) is 0 Å². The van der Waals surface area contributed by atoms with Crippen molar-refractivity contribution in [2.45, 2.75) is 26.8 Å². The summed E-state index contributed by atoms with van der Waals surface area (Å²) in [7, 11) is 0. The summed E-state index contributed by atoms with van der Waals surface area (Å²) in [5.41, 5.74) is 0.693. The molecule has 0 fully saturated rings. The Labute approximate surface area is 70.2 Å². The van der Waals surface area contributed by atoms with E-state index in [4.69, 9.17) is 0 Å². The maximum absolute atomic E-state index is 10.4. The van der Waals surface area contributed by atoms with Gasteiger partial charge < -0.3 is 0 Å². The van der Waals surface area contributed by atoms with Crippen LogP contribution in [-0.2, 0) is 0 Å². The smallest absolute Gasteiger partial charge is 0.260 e. The molecule has 12 heavy (non-hydrogen) atoms. The molecule has 1 heterocycles. The fourth-order valence-corrected chi connectivity index (χ4v) is 1.11. The zero-order valence-electron chi connectivity index (χ0n) is 7.31. The summed E-state index contributed by atoms with van der Waals surface area (Å²) in [6, 6.07) is 0.165. The summed E-state index contributed by atoms with van der Waals surface area (Å²) in [6.07, 6.45) is 1.29. The quantitative estimate of drug-likeness (QED) is 0.499. The molecule has 0 radical (unpaired) electrons. The molecule has 5 nitrogen and oxygen atoms in total. The minimum Gasteiger partial charge on any atom is -0.260 e. The first-order valence-corrected chi connectivity index (χ1v) is 3.72. The van der Waals surface area contributed by atoms with Gasteiger partial charge in [-0.3, -0.25) is 14.8 Å².